The van der Waals surface area contributed by atoms with Crippen LogP contribution in [0.3, 0.4) is 0 Å². The lowest BCUT2D eigenvalue weighted by Gasteiger charge is -2.09. The third-order valence-corrected chi connectivity index (χ3v) is 3.37. The Kier molecular flexibility index (Phi) is 4.41. The van der Waals surface area contributed by atoms with Gasteiger partial charge in [-0.3, -0.25) is 0 Å². The van der Waals surface area contributed by atoms with Crippen LogP contribution in [0.5, 0.6) is 0 Å². The van der Waals surface area contributed by atoms with E-state index in [-0.39, 0.29) is 0 Å². The summed E-state index contributed by atoms with van der Waals surface area (Å²) in [7, 11) is 0. The van der Waals surface area contributed by atoms with Crippen LogP contribution in [-0.2, 0) is 0 Å². The van der Waals surface area contributed by atoms with Crippen LogP contribution in [0, 0.1) is 0 Å². The zero-order chi connectivity index (χ0) is 14.5. The zero-order valence-electron chi connectivity index (χ0n) is 12.4. The van der Waals surface area contributed by atoms with E-state index in [2.05, 4.69) is 72.7 Å². The van der Waals surface area contributed by atoms with E-state index in [4.69, 9.17) is 0 Å². The maximum absolute atomic E-state index is 3.94. The van der Waals surface area contributed by atoms with Crippen molar-refractivity contribution < 1.29 is 0 Å². The third-order valence-electron chi connectivity index (χ3n) is 3.37. The molecular weight excluding hydrogens is 242 g/mol. The minimum absolute atomic E-state index is 1.10. The molecule has 0 radical (unpaired) electrons. The lowest BCUT2D eigenvalue weighted by Crippen LogP contribution is -1.97. The Morgan fingerprint density at radius 3 is 2.35 bits per heavy atom. The Morgan fingerprint density at radius 1 is 1.05 bits per heavy atom. The topological polar surface area (TPSA) is 4.93 Å². The normalized spacial score (nSPS) is 12.8. The number of allylic oxidation sites excluding steroid dienone is 5. The highest BCUT2D eigenvalue weighted by Crippen LogP contribution is 2.31. The first-order chi connectivity index (χ1) is 9.78. The quantitative estimate of drug-likeness (QED) is 0.618. The molecule has 1 aromatic carbocycles. The first-order valence-corrected chi connectivity index (χ1v) is 6.96. The summed E-state index contributed by atoms with van der Waals surface area (Å²) in [5.74, 6) is 0. The molecule has 1 nitrogen and oxygen atoms in total. The summed E-state index contributed by atoms with van der Waals surface area (Å²) in [5, 5.41) is 1.26. The molecule has 0 bridgehead atoms. The molecule has 102 valence electrons. The molecule has 20 heavy (non-hydrogen) atoms. The van der Waals surface area contributed by atoms with Crippen LogP contribution < -0.4 is 0 Å². The number of aromatic nitrogens is 1. The van der Waals surface area contributed by atoms with Gasteiger partial charge in [-0.1, -0.05) is 49.1 Å². The molecule has 1 aromatic heterocycles. The lowest BCUT2D eigenvalue weighted by molar-refractivity contribution is 1.15. The molecule has 1 heteroatoms. The second-order valence-electron chi connectivity index (χ2n) is 4.57. The predicted molar refractivity (Wildman–Crippen MR) is 91.5 cm³/mol. The average molecular weight is 263 g/mol. The van der Waals surface area contributed by atoms with Crippen LogP contribution in [-0.4, -0.2) is 4.57 Å². The van der Waals surface area contributed by atoms with Gasteiger partial charge in [-0.25, -0.2) is 0 Å². The second-order valence-corrected chi connectivity index (χ2v) is 4.57. The number of benzene rings is 1. The molecule has 2 aromatic rings. The predicted octanol–water partition coefficient (Wildman–Crippen LogP) is 5.75. The van der Waals surface area contributed by atoms with Gasteiger partial charge in [0.05, 0.1) is 11.2 Å². The summed E-state index contributed by atoms with van der Waals surface area (Å²) >= 11 is 0. The zero-order valence-corrected chi connectivity index (χ0v) is 12.4. The SMILES string of the molecule is C=C/C(=C\C)n1c(/C=C\C)c(/C=C\C)c2ccccc21. The molecule has 0 unspecified atom stereocenters. The van der Waals surface area contributed by atoms with Gasteiger partial charge in [0.25, 0.3) is 0 Å². The fraction of sp³-hybridized carbons (Fsp3) is 0.158. The van der Waals surface area contributed by atoms with Crippen molar-refractivity contribution in [2.24, 2.45) is 0 Å². The maximum atomic E-state index is 3.94. The molecule has 0 aliphatic carbocycles. The fourth-order valence-corrected chi connectivity index (χ4v) is 2.56. The van der Waals surface area contributed by atoms with Crippen LogP contribution in [0.25, 0.3) is 28.8 Å². The van der Waals surface area contributed by atoms with Crippen molar-refractivity contribution in [3.05, 3.63) is 66.4 Å². The largest absolute Gasteiger partial charge is 0.310 e. The van der Waals surface area contributed by atoms with Gasteiger partial charge in [0, 0.05) is 16.6 Å². The first-order valence-electron chi connectivity index (χ1n) is 6.96. The Morgan fingerprint density at radius 2 is 1.75 bits per heavy atom. The summed E-state index contributed by atoms with van der Waals surface area (Å²) < 4.78 is 2.26. The Bertz CT molecular complexity index is 709. The van der Waals surface area contributed by atoms with Crippen molar-refractivity contribution in [2.75, 3.05) is 0 Å². The van der Waals surface area contributed by atoms with E-state index >= 15 is 0 Å². The van der Waals surface area contributed by atoms with E-state index < -0.39 is 0 Å². The second kappa shape index (κ2) is 6.25. The van der Waals surface area contributed by atoms with Gasteiger partial charge < -0.3 is 4.57 Å². The Labute approximate surface area is 121 Å². The summed E-state index contributed by atoms with van der Waals surface area (Å²) in [4.78, 5) is 0. The number of para-hydroxylation sites is 1. The molecular formula is C19H21N. The molecule has 2 rings (SSSR count). The van der Waals surface area contributed by atoms with Crippen LogP contribution >= 0.6 is 0 Å². The van der Waals surface area contributed by atoms with Gasteiger partial charge >= 0.3 is 0 Å². The lowest BCUT2D eigenvalue weighted by atomic mass is 10.1. The molecule has 0 N–H and O–H groups in total. The Balaban J connectivity index is 2.97. The molecule has 0 fully saturated rings. The van der Waals surface area contributed by atoms with E-state index in [1.54, 1.807) is 0 Å². The minimum atomic E-state index is 1.10. The molecule has 0 saturated carbocycles. The van der Waals surface area contributed by atoms with Gasteiger partial charge in [0.1, 0.15) is 0 Å². The van der Waals surface area contributed by atoms with Crippen molar-refractivity contribution >= 4 is 28.8 Å². The first kappa shape index (κ1) is 14.1. The number of nitrogens with zero attached hydrogens (tertiary/aromatic N) is 1. The van der Waals surface area contributed by atoms with Crippen molar-refractivity contribution in [1.82, 2.24) is 4.57 Å². The van der Waals surface area contributed by atoms with Gasteiger partial charge in [-0.05, 0) is 39.0 Å². The van der Waals surface area contributed by atoms with Gasteiger partial charge in [0.2, 0.25) is 0 Å². The van der Waals surface area contributed by atoms with E-state index in [0.717, 1.165) is 5.70 Å². The summed E-state index contributed by atoms with van der Waals surface area (Å²) in [5.41, 5.74) is 4.76. The maximum Gasteiger partial charge on any atom is 0.0540 e. The standard InChI is InChI=1S/C19H21N/c1-5-11-16-17-13-9-10-14-19(17)20(15(7-3)8-4)18(16)12-6-2/h5-14H,3H2,1-2,4H3/b11-5-,12-6-,15-8+. The summed E-state index contributed by atoms with van der Waals surface area (Å²) in [6.07, 6.45) is 12.5. The smallest absolute Gasteiger partial charge is 0.0540 e. The highest BCUT2D eigenvalue weighted by atomic mass is 15.0. The van der Waals surface area contributed by atoms with Crippen molar-refractivity contribution in [3.8, 4) is 0 Å². The van der Waals surface area contributed by atoms with Crippen molar-refractivity contribution in [3.63, 3.8) is 0 Å². The van der Waals surface area contributed by atoms with Gasteiger partial charge in [0.15, 0.2) is 0 Å². The highest BCUT2D eigenvalue weighted by molar-refractivity contribution is 5.97. The molecule has 0 spiro atoms. The number of hydrogen-bond acceptors (Lipinski definition) is 0. The third kappa shape index (κ3) is 2.27. The van der Waals surface area contributed by atoms with Gasteiger partial charge in [-0.2, -0.15) is 0 Å². The van der Waals surface area contributed by atoms with E-state index in [1.165, 1.54) is 22.2 Å². The van der Waals surface area contributed by atoms with Gasteiger partial charge in [-0.15, -0.1) is 0 Å². The molecule has 0 aliphatic heterocycles. The van der Waals surface area contributed by atoms with Crippen molar-refractivity contribution in [1.29, 1.82) is 0 Å². The summed E-state index contributed by atoms with van der Waals surface area (Å²) in [6.45, 7) is 10.1. The average Bonchev–Trinajstić information content (AvgIpc) is 2.77. The number of hydrogen-bond donors (Lipinski definition) is 0. The molecule has 0 atom stereocenters. The Hall–Kier alpha value is -2.28. The highest BCUT2D eigenvalue weighted by Gasteiger charge is 2.14. The minimum Gasteiger partial charge on any atom is -0.310 e. The molecule has 0 aliphatic rings. The van der Waals surface area contributed by atoms with Crippen LogP contribution in [0.1, 0.15) is 32.0 Å². The fourth-order valence-electron chi connectivity index (χ4n) is 2.56. The molecule has 1 heterocycles. The summed E-state index contributed by atoms with van der Waals surface area (Å²) in [6, 6.07) is 8.49. The molecule has 0 saturated heterocycles. The number of fused-ring (bicyclic) bond motifs is 1. The van der Waals surface area contributed by atoms with E-state index in [1.807, 2.05) is 19.9 Å². The number of rotatable bonds is 4. The van der Waals surface area contributed by atoms with Crippen LogP contribution in [0.15, 0.2) is 55.1 Å². The monoisotopic (exact) mass is 263 g/mol. The van der Waals surface area contributed by atoms with E-state index in [0.29, 0.717) is 0 Å². The van der Waals surface area contributed by atoms with Crippen LogP contribution in [0.4, 0.5) is 0 Å². The van der Waals surface area contributed by atoms with Crippen LogP contribution in [0.2, 0.25) is 0 Å². The van der Waals surface area contributed by atoms with E-state index in [9.17, 15) is 0 Å². The molecule has 0 amide bonds. The van der Waals surface area contributed by atoms with Crippen molar-refractivity contribution in [2.45, 2.75) is 20.8 Å².